The molecule has 0 aromatic carbocycles. The van der Waals surface area contributed by atoms with Gasteiger partial charge in [-0.15, -0.1) is 0 Å². The molecule has 5 nitrogen and oxygen atoms in total. The molecule has 0 aromatic heterocycles. The van der Waals surface area contributed by atoms with E-state index in [2.05, 4.69) is 4.74 Å². The van der Waals surface area contributed by atoms with Crippen LogP contribution in [0.4, 0.5) is 0 Å². The molecule has 19 heavy (non-hydrogen) atoms. The Bertz CT molecular complexity index is 342. The molecule has 0 saturated carbocycles. The molecule has 110 valence electrons. The molecule has 1 unspecified atom stereocenters. The minimum absolute atomic E-state index is 0.0804. The van der Waals surface area contributed by atoms with Crippen molar-refractivity contribution in [2.24, 2.45) is 5.92 Å². The third-order valence-electron chi connectivity index (χ3n) is 2.54. The number of carbonyl (C=O) groups is 2. The molecular weight excluding hydrogens is 246 g/mol. The van der Waals surface area contributed by atoms with Gasteiger partial charge in [0.2, 0.25) is 0 Å². The van der Waals surface area contributed by atoms with Crippen molar-refractivity contribution in [2.75, 3.05) is 14.2 Å². The summed E-state index contributed by atoms with van der Waals surface area (Å²) >= 11 is 0. The lowest BCUT2D eigenvalue weighted by Gasteiger charge is -2.17. The molecule has 5 heteroatoms. The summed E-state index contributed by atoms with van der Waals surface area (Å²) in [5.41, 5.74) is 0.534. The van der Waals surface area contributed by atoms with Gasteiger partial charge in [-0.2, -0.15) is 0 Å². The van der Waals surface area contributed by atoms with Crippen LogP contribution in [0.15, 0.2) is 11.6 Å². The summed E-state index contributed by atoms with van der Waals surface area (Å²) in [6.07, 6.45) is 1.71. The van der Waals surface area contributed by atoms with Crippen molar-refractivity contribution < 1.29 is 19.1 Å². The third kappa shape index (κ3) is 5.87. The maximum atomic E-state index is 11.5. The van der Waals surface area contributed by atoms with Gasteiger partial charge in [0.1, 0.15) is 5.60 Å². The van der Waals surface area contributed by atoms with Crippen LogP contribution >= 0.6 is 0 Å². The predicted octanol–water partition coefficient (Wildman–Crippen LogP) is 1.97. The fourth-order valence-corrected chi connectivity index (χ4v) is 1.47. The van der Waals surface area contributed by atoms with Gasteiger partial charge in [0.05, 0.1) is 0 Å². The van der Waals surface area contributed by atoms with E-state index in [0.29, 0.717) is 6.47 Å². The average molecular weight is 271 g/mol. The van der Waals surface area contributed by atoms with E-state index in [0.717, 1.165) is 5.57 Å². The van der Waals surface area contributed by atoms with Crippen LogP contribution in [0.25, 0.3) is 0 Å². The Kier molecular flexibility index (Phi) is 6.76. The van der Waals surface area contributed by atoms with Gasteiger partial charge in [-0.1, -0.05) is 13.8 Å². The fourth-order valence-electron chi connectivity index (χ4n) is 1.47. The van der Waals surface area contributed by atoms with Crippen LogP contribution in [-0.2, 0) is 19.1 Å². The minimum atomic E-state index is -0.318. The molecule has 0 fully saturated rings. The van der Waals surface area contributed by atoms with Crippen molar-refractivity contribution in [3.63, 3.8) is 0 Å². The lowest BCUT2D eigenvalue weighted by molar-refractivity contribution is -0.138. The molecule has 1 rings (SSSR count). The number of rotatable bonds is 3. The second-order valence-corrected chi connectivity index (χ2v) is 5.65. The lowest BCUT2D eigenvalue weighted by atomic mass is 10.0. The van der Waals surface area contributed by atoms with E-state index in [-0.39, 0.29) is 23.7 Å². The number of ether oxygens (including phenoxy) is 2. The lowest BCUT2D eigenvalue weighted by Crippen LogP contribution is -2.31. The van der Waals surface area contributed by atoms with Crippen LogP contribution in [0.1, 0.15) is 34.6 Å². The fraction of sp³-hybridized carbons (Fsp3) is 0.714. The van der Waals surface area contributed by atoms with Gasteiger partial charge in [-0.3, -0.25) is 9.59 Å². The molecular formula is C14H25NO4. The van der Waals surface area contributed by atoms with Gasteiger partial charge in [0, 0.05) is 19.7 Å². The molecule has 0 bridgehead atoms. The van der Waals surface area contributed by atoms with Gasteiger partial charge in [-0.25, -0.2) is 0 Å². The van der Waals surface area contributed by atoms with Crippen molar-refractivity contribution in [1.29, 1.82) is 0 Å². The van der Waals surface area contributed by atoms with Crippen molar-refractivity contribution in [3.05, 3.63) is 11.6 Å². The van der Waals surface area contributed by atoms with Crippen molar-refractivity contribution in [1.82, 2.24) is 4.90 Å². The summed E-state index contributed by atoms with van der Waals surface area (Å²) in [6, 6.07) is 0. The van der Waals surface area contributed by atoms with Crippen LogP contribution in [-0.4, -0.2) is 43.3 Å². The van der Waals surface area contributed by atoms with Crippen LogP contribution in [0.2, 0.25) is 0 Å². The second kappa shape index (κ2) is 7.28. The number of likely N-dealkylation sites (N-methyl/N-ethyl adjacent to an activating group) is 1. The summed E-state index contributed by atoms with van der Waals surface area (Å²) < 4.78 is 9.65. The zero-order valence-electron chi connectivity index (χ0n) is 12.9. The smallest absolute Gasteiger partial charge is 0.293 e. The molecule has 0 radical (unpaired) electrons. The van der Waals surface area contributed by atoms with Crippen molar-refractivity contribution >= 4 is 12.4 Å². The van der Waals surface area contributed by atoms with E-state index in [1.165, 1.54) is 0 Å². The van der Waals surface area contributed by atoms with Gasteiger partial charge < -0.3 is 14.4 Å². The number of nitrogens with zero attached hydrogens (tertiary/aromatic N) is 1. The Labute approximate surface area is 115 Å². The van der Waals surface area contributed by atoms with Crippen molar-refractivity contribution in [3.8, 4) is 0 Å². The summed E-state index contributed by atoms with van der Waals surface area (Å²) in [5, 5.41) is 0. The van der Waals surface area contributed by atoms with Gasteiger partial charge >= 0.3 is 0 Å². The van der Waals surface area contributed by atoms with E-state index in [1.54, 1.807) is 19.1 Å². The van der Waals surface area contributed by atoms with Crippen LogP contribution in [0, 0.1) is 5.92 Å². The standard InChI is InChI=1S/C9H15NO2.C5H10O2/c1-6(2)7-5-8(12-4)10(3)9(7)11;1-5(2,3)7-4-6/h5-6,8H,1-4H3;4H,1-3H3. The zero-order chi connectivity index (χ0) is 15.2. The Morgan fingerprint density at radius 3 is 2.05 bits per heavy atom. The third-order valence-corrected chi connectivity index (χ3v) is 2.54. The molecule has 1 aliphatic heterocycles. The molecule has 0 saturated heterocycles. The number of hydrogen-bond donors (Lipinski definition) is 0. The normalized spacial score (nSPS) is 18.9. The Morgan fingerprint density at radius 1 is 1.37 bits per heavy atom. The summed E-state index contributed by atoms with van der Waals surface area (Å²) in [4.78, 5) is 22.7. The van der Waals surface area contributed by atoms with E-state index in [4.69, 9.17) is 4.74 Å². The molecule has 1 atom stereocenters. The van der Waals surface area contributed by atoms with Crippen molar-refractivity contribution in [2.45, 2.75) is 46.4 Å². The van der Waals surface area contributed by atoms with E-state index < -0.39 is 0 Å². The highest BCUT2D eigenvalue weighted by atomic mass is 16.5. The van der Waals surface area contributed by atoms with E-state index in [9.17, 15) is 9.59 Å². The predicted molar refractivity (Wildman–Crippen MR) is 73.4 cm³/mol. The molecule has 0 N–H and O–H groups in total. The van der Waals surface area contributed by atoms with Crippen LogP contribution in [0.3, 0.4) is 0 Å². The van der Waals surface area contributed by atoms with Crippen LogP contribution in [0.5, 0.6) is 0 Å². The highest BCUT2D eigenvalue weighted by Gasteiger charge is 2.30. The van der Waals surface area contributed by atoms with Gasteiger partial charge in [0.15, 0.2) is 6.23 Å². The number of amides is 1. The topological polar surface area (TPSA) is 55.8 Å². The summed E-state index contributed by atoms with van der Waals surface area (Å²) in [7, 11) is 3.36. The number of carbonyl (C=O) groups excluding carboxylic acids is 2. The SMILES string of the molecule is CC(C)(C)OC=O.COC1C=C(C(C)C)C(=O)N1C. The maximum Gasteiger partial charge on any atom is 0.293 e. The first-order valence-corrected chi connectivity index (χ1v) is 6.27. The largest absolute Gasteiger partial charge is 0.462 e. The zero-order valence-corrected chi connectivity index (χ0v) is 12.9. The highest BCUT2D eigenvalue weighted by molar-refractivity contribution is 5.96. The first-order chi connectivity index (χ1) is 8.64. The molecule has 0 aromatic rings. The molecule has 1 aliphatic rings. The molecule has 1 heterocycles. The van der Waals surface area contributed by atoms with Gasteiger partial charge in [0.25, 0.3) is 12.4 Å². The maximum absolute atomic E-state index is 11.5. The number of hydrogen-bond acceptors (Lipinski definition) is 4. The van der Waals surface area contributed by atoms with Gasteiger partial charge in [-0.05, 0) is 32.8 Å². The second-order valence-electron chi connectivity index (χ2n) is 5.65. The average Bonchev–Trinajstić information content (AvgIpc) is 2.55. The first kappa shape index (κ1) is 17.6. The summed E-state index contributed by atoms with van der Waals surface area (Å²) in [6.45, 7) is 9.94. The van der Waals surface area contributed by atoms with E-state index in [1.807, 2.05) is 40.7 Å². The summed E-state index contributed by atoms with van der Waals surface area (Å²) in [5.74, 6) is 0.358. The molecule has 0 spiro atoms. The molecule has 1 amide bonds. The molecule has 0 aliphatic carbocycles. The monoisotopic (exact) mass is 271 g/mol. The van der Waals surface area contributed by atoms with E-state index >= 15 is 0 Å². The Morgan fingerprint density at radius 2 is 1.89 bits per heavy atom. The van der Waals surface area contributed by atoms with Crippen LogP contribution < -0.4 is 0 Å². The Hall–Kier alpha value is -1.36. The number of methoxy groups -OCH3 is 1. The first-order valence-electron chi connectivity index (χ1n) is 6.27. The highest BCUT2D eigenvalue weighted by Crippen LogP contribution is 2.22. The Balaban J connectivity index is 0.000000399. The minimum Gasteiger partial charge on any atom is -0.462 e. The quantitative estimate of drug-likeness (QED) is 0.736.